The van der Waals surface area contributed by atoms with E-state index < -0.39 is 0 Å². The normalized spacial score (nSPS) is 16.7. The van der Waals surface area contributed by atoms with Crippen LogP contribution in [0, 0.1) is 0 Å². The molecule has 4 rings (SSSR count). The van der Waals surface area contributed by atoms with Gasteiger partial charge in [0.1, 0.15) is 5.75 Å². The highest BCUT2D eigenvalue weighted by Crippen LogP contribution is 2.35. The lowest BCUT2D eigenvalue weighted by molar-refractivity contribution is -0.118. The zero-order chi connectivity index (χ0) is 19.7. The van der Waals surface area contributed by atoms with Crippen LogP contribution in [0.2, 0.25) is 0 Å². The number of nitrogens with zero attached hydrogens (tertiary/aromatic N) is 3. The van der Waals surface area contributed by atoms with Gasteiger partial charge < -0.3 is 14.1 Å². The quantitative estimate of drug-likeness (QED) is 0.603. The summed E-state index contributed by atoms with van der Waals surface area (Å²) < 4.78 is 11.1. The number of para-hydroxylation sites is 2. The van der Waals surface area contributed by atoms with E-state index in [2.05, 4.69) is 23.2 Å². The van der Waals surface area contributed by atoms with Crippen LogP contribution in [-0.2, 0) is 11.2 Å². The second-order valence-electron chi connectivity index (χ2n) is 6.72. The van der Waals surface area contributed by atoms with Crippen LogP contribution in [0.1, 0.15) is 19.4 Å². The van der Waals surface area contributed by atoms with Gasteiger partial charge in [0, 0.05) is 11.7 Å². The van der Waals surface area contributed by atoms with Crippen molar-refractivity contribution < 1.29 is 13.9 Å². The molecule has 0 fully saturated rings. The highest BCUT2D eigenvalue weighted by atomic mass is 32.2. The number of carbonyl (C=O) groups is 1. The number of fused-ring (bicyclic) bond motifs is 1. The van der Waals surface area contributed by atoms with Crippen LogP contribution in [0.25, 0.3) is 11.5 Å². The molecule has 0 saturated heterocycles. The van der Waals surface area contributed by atoms with Gasteiger partial charge in [-0.25, -0.2) is 0 Å². The number of anilines is 1. The van der Waals surface area contributed by atoms with Gasteiger partial charge in [0.05, 0.1) is 17.9 Å². The van der Waals surface area contributed by atoms with Gasteiger partial charge >= 0.3 is 0 Å². The summed E-state index contributed by atoms with van der Waals surface area (Å²) in [5.74, 6) is 1.08. The summed E-state index contributed by atoms with van der Waals surface area (Å²) in [4.78, 5) is 15.0. The van der Waals surface area contributed by atoms with Crippen molar-refractivity contribution in [1.82, 2.24) is 10.2 Å². The summed E-state index contributed by atoms with van der Waals surface area (Å²) in [7, 11) is 1.60. The fourth-order valence-electron chi connectivity index (χ4n) is 3.49. The van der Waals surface area contributed by atoms with Gasteiger partial charge in [0.2, 0.25) is 5.91 Å². The molecule has 7 heteroatoms. The average molecular weight is 395 g/mol. The van der Waals surface area contributed by atoms with Crippen LogP contribution < -0.4 is 9.64 Å². The maximum atomic E-state index is 13.1. The zero-order valence-electron chi connectivity index (χ0n) is 16.0. The smallest absolute Gasteiger partial charge is 0.277 e. The molecule has 0 radical (unpaired) electrons. The third-order valence-electron chi connectivity index (χ3n) is 4.81. The number of ether oxygens (including phenoxy) is 1. The van der Waals surface area contributed by atoms with E-state index in [1.807, 2.05) is 54.3 Å². The molecule has 3 aromatic rings. The molecule has 2 atom stereocenters. The Morgan fingerprint density at radius 1 is 1.21 bits per heavy atom. The van der Waals surface area contributed by atoms with E-state index in [-0.39, 0.29) is 17.2 Å². The highest BCUT2D eigenvalue weighted by Gasteiger charge is 2.34. The Bertz CT molecular complexity index is 1000. The lowest BCUT2D eigenvalue weighted by Crippen LogP contribution is -2.40. The van der Waals surface area contributed by atoms with Gasteiger partial charge in [-0.3, -0.25) is 4.79 Å². The minimum atomic E-state index is -0.348. The summed E-state index contributed by atoms with van der Waals surface area (Å²) in [6, 6.07) is 15.6. The van der Waals surface area contributed by atoms with Gasteiger partial charge in [0.25, 0.3) is 11.1 Å². The molecule has 0 bridgehead atoms. The van der Waals surface area contributed by atoms with Crippen molar-refractivity contribution in [3.8, 4) is 17.2 Å². The molecule has 6 nitrogen and oxygen atoms in total. The minimum absolute atomic E-state index is 0.0412. The molecular formula is C21H21N3O3S. The zero-order valence-corrected chi connectivity index (χ0v) is 16.8. The van der Waals surface area contributed by atoms with Crippen LogP contribution >= 0.6 is 11.8 Å². The van der Waals surface area contributed by atoms with Crippen molar-refractivity contribution in [2.75, 3.05) is 12.0 Å². The van der Waals surface area contributed by atoms with Crippen molar-refractivity contribution in [3.63, 3.8) is 0 Å². The van der Waals surface area contributed by atoms with E-state index in [0.717, 1.165) is 17.7 Å². The molecular weight excluding hydrogens is 374 g/mol. The van der Waals surface area contributed by atoms with Crippen molar-refractivity contribution in [2.24, 2.45) is 0 Å². The first-order valence-electron chi connectivity index (χ1n) is 9.13. The van der Waals surface area contributed by atoms with Crippen LogP contribution in [0.5, 0.6) is 5.75 Å². The molecule has 1 amide bonds. The minimum Gasteiger partial charge on any atom is -0.496 e. The second-order valence-corrected chi connectivity index (χ2v) is 8.02. The lowest BCUT2D eigenvalue weighted by Gasteiger charge is -2.25. The highest BCUT2D eigenvalue weighted by molar-refractivity contribution is 8.00. The van der Waals surface area contributed by atoms with Gasteiger partial charge in [0.15, 0.2) is 0 Å². The van der Waals surface area contributed by atoms with E-state index in [0.29, 0.717) is 16.9 Å². The van der Waals surface area contributed by atoms with E-state index in [4.69, 9.17) is 9.15 Å². The molecule has 144 valence electrons. The number of hydrogen-bond donors (Lipinski definition) is 0. The molecule has 2 aromatic carbocycles. The largest absolute Gasteiger partial charge is 0.496 e. The molecule has 1 aliphatic rings. The first kappa shape index (κ1) is 18.6. The molecule has 2 heterocycles. The molecule has 1 aliphatic heterocycles. The van der Waals surface area contributed by atoms with Crippen molar-refractivity contribution in [3.05, 3.63) is 54.1 Å². The molecule has 2 unspecified atom stereocenters. The van der Waals surface area contributed by atoms with E-state index in [9.17, 15) is 4.79 Å². The van der Waals surface area contributed by atoms with Gasteiger partial charge in [-0.1, -0.05) is 42.1 Å². The molecule has 0 N–H and O–H groups in total. The summed E-state index contributed by atoms with van der Waals surface area (Å²) in [5.41, 5.74) is 2.93. The summed E-state index contributed by atoms with van der Waals surface area (Å²) in [6.07, 6.45) is 0.873. The molecule has 1 aromatic heterocycles. The Morgan fingerprint density at radius 3 is 2.79 bits per heavy atom. The number of hydrogen-bond acceptors (Lipinski definition) is 6. The summed E-state index contributed by atoms with van der Waals surface area (Å²) in [6.45, 7) is 3.94. The van der Waals surface area contributed by atoms with E-state index in [1.165, 1.54) is 17.3 Å². The first-order chi connectivity index (χ1) is 13.6. The summed E-state index contributed by atoms with van der Waals surface area (Å²) in [5, 5.41) is 8.23. The van der Waals surface area contributed by atoms with E-state index in [1.54, 1.807) is 7.11 Å². The van der Waals surface area contributed by atoms with Gasteiger partial charge in [-0.2, -0.15) is 0 Å². The maximum Gasteiger partial charge on any atom is 0.277 e. The topological polar surface area (TPSA) is 68.5 Å². The predicted molar refractivity (Wildman–Crippen MR) is 109 cm³/mol. The fraction of sp³-hybridized carbons (Fsp3) is 0.286. The van der Waals surface area contributed by atoms with Gasteiger partial charge in [-0.05, 0) is 44.0 Å². The standard InChI is InChI=1S/C21H21N3O3S/c1-13-12-15-8-4-6-10-17(15)24(13)20(25)14(2)28-21-23-22-19(27-21)16-9-5-7-11-18(16)26-3/h4-11,13-14H,12H2,1-3H3. The SMILES string of the molecule is COc1ccccc1-c1nnc(SC(C)C(=O)N2c3ccccc3CC2C)o1. The Morgan fingerprint density at radius 2 is 1.96 bits per heavy atom. The molecule has 0 spiro atoms. The fourth-order valence-corrected chi connectivity index (χ4v) is 4.22. The Balaban J connectivity index is 1.51. The van der Waals surface area contributed by atoms with Crippen molar-refractivity contribution in [1.29, 1.82) is 0 Å². The Hall–Kier alpha value is -2.80. The monoisotopic (exact) mass is 395 g/mol. The number of carbonyl (C=O) groups excluding carboxylic acids is 1. The van der Waals surface area contributed by atoms with Crippen LogP contribution in [0.15, 0.2) is 58.2 Å². The number of amides is 1. The number of rotatable bonds is 5. The van der Waals surface area contributed by atoms with Crippen molar-refractivity contribution >= 4 is 23.4 Å². The Kier molecular flexibility index (Phi) is 5.09. The first-order valence-corrected chi connectivity index (χ1v) is 10.0. The Labute approximate surface area is 167 Å². The van der Waals surface area contributed by atoms with Crippen molar-refractivity contribution in [2.45, 2.75) is 36.8 Å². The average Bonchev–Trinajstić information content (AvgIpc) is 3.30. The predicted octanol–water partition coefficient (Wildman–Crippen LogP) is 4.20. The third-order valence-corrected chi connectivity index (χ3v) is 5.74. The number of methoxy groups -OCH3 is 1. The molecule has 0 aliphatic carbocycles. The lowest BCUT2D eigenvalue weighted by atomic mass is 10.1. The number of aromatic nitrogens is 2. The van der Waals surface area contributed by atoms with Gasteiger partial charge in [-0.15, -0.1) is 10.2 Å². The van der Waals surface area contributed by atoms with E-state index >= 15 is 0 Å². The van der Waals surface area contributed by atoms with Crippen LogP contribution in [-0.4, -0.2) is 34.5 Å². The third kappa shape index (κ3) is 3.38. The van der Waals surface area contributed by atoms with Crippen LogP contribution in [0.4, 0.5) is 5.69 Å². The van der Waals surface area contributed by atoms with Crippen LogP contribution in [0.3, 0.4) is 0 Å². The number of thioether (sulfide) groups is 1. The molecule has 28 heavy (non-hydrogen) atoms. The summed E-state index contributed by atoms with van der Waals surface area (Å²) >= 11 is 1.27. The second kappa shape index (κ2) is 7.67. The maximum absolute atomic E-state index is 13.1. The molecule has 0 saturated carbocycles. The number of benzene rings is 2.